The van der Waals surface area contributed by atoms with E-state index in [2.05, 4.69) is 71.5 Å². The molecule has 1 N–H and O–H groups in total. The lowest BCUT2D eigenvalue weighted by Gasteiger charge is -2.27. The third kappa shape index (κ3) is 3.43. The monoisotopic (exact) mass is 273 g/mol. The lowest BCUT2D eigenvalue weighted by molar-refractivity contribution is 0.568. The molecule has 98 valence electrons. The Labute approximate surface area is 118 Å². The molecule has 0 fully saturated rings. The van der Waals surface area contributed by atoms with Gasteiger partial charge in [-0.3, -0.25) is 4.79 Å². The van der Waals surface area contributed by atoms with E-state index in [1.165, 1.54) is 16.7 Å². The molecule has 0 saturated carbocycles. The van der Waals surface area contributed by atoms with E-state index in [9.17, 15) is 0 Å². The fourth-order valence-electron chi connectivity index (χ4n) is 2.45. The van der Waals surface area contributed by atoms with Gasteiger partial charge in [0, 0.05) is 6.54 Å². The van der Waals surface area contributed by atoms with Gasteiger partial charge in [-0.25, -0.2) is 0 Å². The molecule has 3 heteroatoms. The molecule has 2 aromatic rings. The topological polar surface area (TPSA) is 29.1 Å². The van der Waals surface area contributed by atoms with Crippen molar-refractivity contribution in [1.82, 2.24) is 5.32 Å². The van der Waals surface area contributed by atoms with Crippen LogP contribution in [0.5, 0.6) is 0 Å². The summed E-state index contributed by atoms with van der Waals surface area (Å²) in [6, 6.07) is 19.8. The van der Waals surface area contributed by atoms with E-state index in [1.54, 1.807) is 0 Å². The summed E-state index contributed by atoms with van der Waals surface area (Å²) >= 11 is 4.32. The first kappa shape index (κ1) is 13.8. The molecule has 19 heavy (non-hydrogen) atoms. The first-order valence-electron chi connectivity index (χ1n) is 6.27. The average molecular weight is 274 g/mol. The molecule has 1 aliphatic rings. The molecule has 1 heterocycles. The number of rotatable bonds is 1. The molecule has 0 saturated heterocycles. The Morgan fingerprint density at radius 2 is 1.68 bits per heavy atom. The highest BCUT2D eigenvalue weighted by Gasteiger charge is 2.19. The number of carbonyl (C=O) groups is 1. The number of hydrogen-bond donors (Lipinski definition) is 1. The van der Waals surface area contributed by atoms with Crippen molar-refractivity contribution in [1.29, 1.82) is 0 Å². The summed E-state index contributed by atoms with van der Waals surface area (Å²) in [4.78, 5) is 8.57. The van der Waals surface area contributed by atoms with Gasteiger partial charge in [-0.1, -0.05) is 54.6 Å². The fourth-order valence-corrected chi connectivity index (χ4v) is 2.45. The molecule has 0 radical (unpaired) electrons. The predicted molar refractivity (Wildman–Crippen MR) is 79.0 cm³/mol. The summed E-state index contributed by atoms with van der Waals surface area (Å²) in [7, 11) is 0. The molecule has 0 aliphatic carbocycles. The normalized spacial score (nSPS) is 16.8. The van der Waals surface area contributed by atoms with Crippen LogP contribution in [0, 0.1) is 0 Å². The van der Waals surface area contributed by atoms with E-state index < -0.39 is 0 Å². The Morgan fingerprint density at radius 3 is 2.42 bits per heavy atom. The Balaban J connectivity index is 0.000000408. The summed E-state index contributed by atoms with van der Waals surface area (Å²) in [5.41, 5.74) is 4.27. The molecule has 3 rings (SSSR count). The SMILES string of the molecule is O=CCl.c1ccc([C@@H]2NCCc3ccccc32)cc1. The van der Waals surface area contributed by atoms with Crippen molar-refractivity contribution in [2.75, 3.05) is 6.54 Å². The summed E-state index contributed by atoms with van der Waals surface area (Å²) in [6.45, 7) is 1.07. The van der Waals surface area contributed by atoms with Crippen molar-refractivity contribution in [3.8, 4) is 0 Å². The van der Waals surface area contributed by atoms with Gasteiger partial charge in [0.2, 0.25) is 5.75 Å². The fraction of sp³-hybridized carbons (Fsp3) is 0.188. The molecule has 0 unspecified atom stereocenters. The molecular weight excluding hydrogens is 258 g/mol. The summed E-state index contributed by atoms with van der Waals surface area (Å²) in [5, 5.41) is 3.59. The standard InChI is InChI=1S/C15H15N.CHClO/c1-2-7-13(8-3-1)15-14-9-5-4-6-12(14)10-11-16-15;2-1-3/h1-9,15-16H,10-11H2;1H/t15-;/m0./s1. The van der Waals surface area contributed by atoms with Crippen LogP contribution in [0.2, 0.25) is 0 Å². The highest BCUT2D eigenvalue weighted by atomic mass is 35.5. The molecule has 1 atom stereocenters. The third-order valence-electron chi connectivity index (χ3n) is 3.24. The first-order valence-corrected chi connectivity index (χ1v) is 6.70. The molecular formula is C16H16ClNO. The highest BCUT2D eigenvalue weighted by Crippen LogP contribution is 2.27. The number of halogens is 1. The van der Waals surface area contributed by atoms with Gasteiger partial charge >= 0.3 is 0 Å². The van der Waals surface area contributed by atoms with E-state index in [4.69, 9.17) is 4.79 Å². The van der Waals surface area contributed by atoms with E-state index in [0.29, 0.717) is 6.04 Å². The van der Waals surface area contributed by atoms with E-state index in [-0.39, 0.29) is 5.75 Å². The Hall–Kier alpha value is -1.64. The number of carbonyl (C=O) groups excluding carboxylic acids is 1. The van der Waals surface area contributed by atoms with Crippen molar-refractivity contribution in [2.24, 2.45) is 0 Å². The van der Waals surface area contributed by atoms with Gasteiger partial charge < -0.3 is 5.32 Å². The van der Waals surface area contributed by atoms with Crippen LogP contribution >= 0.6 is 11.6 Å². The molecule has 0 amide bonds. The van der Waals surface area contributed by atoms with Gasteiger partial charge in [-0.05, 0) is 34.7 Å². The van der Waals surface area contributed by atoms with Gasteiger partial charge in [-0.15, -0.1) is 0 Å². The molecule has 1 aliphatic heterocycles. The maximum atomic E-state index is 8.57. The van der Waals surface area contributed by atoms with Gasteiger partial charge in [0.1, 0.15) is 0 Å². The van der Waals surface area contributed by atoms with Crippen LogP contribution in [0.1, 0.15) is 22.7 Å². The van der Waals surface area contributed by atoms with E-state index in [1.807, 2.05) is 0 Å². The second-order valence-electron chi connectivity index (χ2n) is 4.34. The number of benzene rings is 2. The van der Waals surface area contributed by atoms with Crippen molar-refractivity contribution in [3.05, 3.63) is 71.3 Å². The van der Waals surface area contributed by atoms with Crippen molar-refractivity contribution < 1.29 is 4.79 Å². The van der Waals surface area contributed by atoms with Crippen LogP contribution in [0.3, 0.4) is 0 Å². The van der Waals surface area contributed by atoms with E-state index >= 15 is 0 Å². The Bertz CT molecular complexity index is 527. The minimum absolute atomic E-state index is 0.222. The molecule has 0 bridgehead atoms. The van der Waals surface area contributed by atoms with Crippen LogP contribution in [0.25, 0.3) is 0 Å². The molecule has 0 aromatic heterocycles. The van der Waals surface area contributed by atoms with Gasteiger partial charge in [0.25, 0.3) is 0 Å². The molecule has 2 nitrogen and oxygen atoms in total. The van der Waals surface area contributed by atoms with Crippen LogP contribution < -0.4 is 5.32 Å². The Kier molecular flexibility index (Phi) is 5.13. The summed E-state index contributed by atoms with van der Waals surface area (Å²) < 4.78 is 0. The summed E-state index contributed by atoms with van der Waals surface area (Å²) in [6.07, 6.45) is 1.14. The summed E-state index contributed by atoms with van der Waals surface area (Å²) in [5.74, 6) is 0.222. The van der Waals surface area contributed by atoms with Gasteiger partial charge in [0.05, 0.1) is 6.04 Å². The lowest BCUT2D eigenvalue weighted by Crippen LogP contribution is -2.30. The van der Waals surface area contributed by atoms with Crippen molar-refractivity contribution >= 4 is 17.3 Å². The van der Waals surface area contributed by atoms with Crippen LogP contribution in [0.15, 0.2) is 54.6 Å². The van der Waals surface area contributed by atoms with E-state index in [0.717, 1.165) is 13.0 Å². The average Bonchev–Trinajstić information content (AvgIpc) is 2.48. The van der Waals surface area contributed by atoms with Gasteiger partial charge in [-0.2, -0.15) is 0 Å². The number of nitrogens with one attached hydrogen (secondary N) is 1. The predicted octanol–water partition coefficient (Wildman–Crippen LogP) is 3.34. The second-order valence-corrected chi connectivity index (χ2v) is 4.51. The molecule has 0 spiro atoms. The quantitative estimate of drug-likeness (QED) is 0.638. The van der Waals surface area contributed by atoms with Crippen molar-refractivity contribution in [2.45, 2.75) is 12.5 Å². The third-order valence-corrected chi connectivity index (χ3v) is 3.24. The maximum Gasteiger partial charge on any atom is 0.208 e. The minimum Gasteiger partial charge on any atom is -0.306 e. The van der Waals surface area contributed by atoms with Crippen LogP contribution in [-0.2, 0) is 11.2 Å². The zero-order valence-corrected chi connectivity index (χ0v) is 11.3. The maximum absolute atomic E-state index is 8.57. The molecule has 2 aromatic carbocycles. The Morgan fingerprint density at radius 1 is 1.05 bits per heavy atom. The van der Waals surface area contributed by atoms with Crippen LogP contribution in [0.4, 0.5) is 0 Å². The van der Waals surface area contributed by atoms with Crippen LogP contribution in [-0.4, -0.2) is 12.3 Å². The minimum atomic E-state index is 0.222. The van der Waals surface area contributed by atoms with Gasteiger partial charge in [0.15, 0.2) is 0 Å². The lowest BCUT2D eigenvalue weighted by atomic mass is 9.90. The zero-order valence-electron chi connectivity index (χ0n) is 10.6. The number of hydrogen-bond acceptors (Lipinski definition) is 2. The largest absolute Gasteiger partial charge is 0.306 e. The second kappa shape index (κ2) is 7.07. The number of fused-ring (bicyclic) bond motifs is 1. The van der Waals surface area contributed by atoms with Crippen molar-refractivity contribution in [3.63, 3.8) is 0 Å². The first-order chi connectivity index (χ1) is 9.36. The zero-order chi connectivity index (χ0) is 13.5. The highest BCUT2D eigenvalue weighted by molar-refractivity contribution is 6.54. The smallest absolute Gasteiger partial charge is 0.208 e.